The van der Waals surface area contributed by atoms with E-state index >= 15 is 14.4 Å². The van der Waals surface area contributed by atoms with Gasteiger partial charge in [0.1, 0.15) is 36.5 Å². The molecule has 9 rings (SSSR count). The van der Waals surface area contributed by atoms with Crippen molar-refractivity contribution in [1.29, 1.82) is 0 Å². The van der Waals surface area contributed by atoms with Crippen LogP contribution in [0.5, 0.6) is 5.75 Å². The van der Waals surface area contributed by atoms with E-state index in [1.54, 1.807) is 18.2 Å². The molecule has 3 saturated heterocycles. The van der Waals surface area contributed by atoms with E-state index in [0.717, 1.165) is 79.4 Å². The number of benzene rings is 4. The quantitative estimate of drug-likeness (QED) is 0.0945. The highest BCUT2D eigenvalue weighted by molar-refractivity contribution is 6.23. The van der Waals surface area contributed by atoms with E-state index in [9.17, 15) is 9.90 Å². The molecule has 342 valence electrons. The van der Waals surface area contributed by atoms with Gasteiger partial charge in [-0.15, -0.1) is 0 Å². The van der Waals surface area contributed by atoms with E-state index in [4.69, 9.17) is 18.9 Å². The van der Waals surface area contributed by atoms with Gasteiger partial charge in [-0.2, -0.15) is 0 Å². The summed E-state index contributed by atoms with van der Waals surface area (Å²) in [5.74, 6) is 4.09. The van der Waals surface area contributed by atoms with Crippen molar-refractivity contribution < 1.29 is 43.2 Å². The van der Waals surface area contributed by atoms with Crippen LogP contribution in [0.25, 0.3) is 0 Å². The summed E-state index contributed by atoms with van der Waals surface area (Å²) in [6.45, 7) is 0.642. The number of likely N-dealkylation sites (tertiary alicyclic amines) is 1. The summed E-state index contributed by atoms with van der Waals surface area (Å²) in [6.07, 6.45) is 8.82. The van der Waals surface area contributed by atoms with Crippen LogP contribution < -0.4 is 9.64 Å². The van der Waals surface area contributed by atoms with E-state index in [2.05, 4.69) is 17.9 Å². The van der Waals surface area contributed by atoms with E-state index < -0.39 is 53.5 Å². The van der Waals surface area contributed by atoms with Gasteiger partial charge < -0.3 is 29.0 Å². The molecule has 1 aliphatic carbocycles. The SMILES string of the molecule is COCCOC(=O)N1C(=O)[C@@]2(c3cc(C#CC4=CCCCC4)ccc31)[C@H](C(=O)N1CCCCCCC1)[C@H]1C(=O)O[C@H](c3ccccc3)[C@H](c3ccccc3)N1[C@@H]2c1cccc(OCCO)c1. The molecule has 12 nitrogen and oxygen atoms in total. The maximum Gasteiger partial charge on any atom is 0.421 e. The van der Waals surface area contributed by atoms with Crippen LogP contribution in [0.15, 0.2) is 115 Å². The highest BCUT2D eigenvalue weighted by Crippen LogP contribution is 2.66. The molecule has 0 saturated carbocycles. The minimum absolute atomic E-state index is 0.0119. The summed E-state index contributed by atoms with van der Waals surface area (Å²) in [6, 6.07) is 28.8. The fraction of sp³-hybridized carbons (Fsp3) is 0.407. The summed E-state index contributed by atoms with van der Waals surface area (Å²) in [5.41, 5.74) is 2.44. The van der Waals surface area contributed by atoms with Gasteiger partial charge in [-0.25, -0.2) is 9.69 Å². The molecule has 66 heavy (non-hydrogen) atoms. The van der Waals surface area contributed by atoms with Crippen molar-refractivity contribution in [3.8, 4) is 17.6 Å². The standard InChI is InChI=1S/C54H57N3O9/c1-63-33-34-65-53(62)56-44-28-27-38(26-25-37-17-8-5-9-18-37)35-43(44)54(52(56)61)45(50(59)55-29-14-3-2-4-15-30-55)47-51(60)66-48(40-21-12-7-13-22-40)46(39-19-10-6-11-20-39)57(47)49(54)41-23-16-24-42(36-41)64-32-31-58/h6-7,10-13,16-17,19-24,27-28,35-36,45-49,58H,2-5,8-9,14-15,18,29-34H2,1H3/t45-,46-,47-,48+,49+,54-/m0/s1. The van der Waals surface area contributed by atoms with Gasteiger partial charge in [0.25, 0.3) is 0 Å². The van der Waals surface area contributed by atoms with Gasteiger partial charge >= 0.3 is 12.1 Å². The van der Waals surface area contributed by atoms with Gasteiger partial charge in [0.15, 0.2) is 0 Å². The number of amides is 3. The molecule has 0 unspecified atom stereocenters. The number of ether oxygens (including phenoxy) is 4. The minimum Gasteiger partial charge on any atom is -0.491 e. The normalized spacial score (nSPS) is 25.1. The first-order valence-corrected chi connectivity index (χ1v) is 23.4. The monoisotopic (exact) mass is 891 g/mol. The van der Waals surface area contributed by atoms with Crippen LogP contribution in [0.3, 0.4) is 0 Å². The zero-order chi connectivity index (χ0) is 45.6. The first-order valence-electron chi connectivity index (χ1n) is 23.4. The lowest BCUT2D eigenvalue weighted by molar-refractivity contribution is -0.179. The Morgan fingerprint density at radius 2 is 1.50 bits per heavy atom. The van der Waals surface area contributed by atoms with E-state index in [1.165, 1.54) is 7.11 Å². The Hall–Kier alpha value is -6.26. The number of cyclic esters (lactones) is 1. The maximum absolute atomic E-state index is 16.5. The number of methoxy groups -OCH3 is 1. The molecule has 1 spiro atoms. The van der Waals surface area contributed by atoms with Crippen molar-refractivity contribution in [2.24, 2.45) is 5.92 Å². The second-order valence-corrected chi connectivity index (χ2v) is 17.7. The van der Waals surface area contributed by atoms with E-state index in [0.29, 0.717) is 35.5 Å². The molecule has 4 heterocycles. The molecule has 4 aromatic rings. The van der Waals surface area contributed by atoms with Crippen molar-refractivity contribution in [2.45, 2.75) is 87.4 Å². The number of nitrogens with zero attached hydrogens (tertiary/aromatic N) is 3. The topological polar surface area (TPSA) is 135 Å². The summed E-state index contributed by atoms with van der Waals surface area (Å²) < 4.78 is 23.7. The molecule has 4 aromatic carbocycles. The lowest BCUT2D eigenvalue weighted by atomic mass is 9.64. The van der Waals surface area contributed by atoms with E-state index in [-0.39, 0.29) is 38.0 Å². The molecular formula is C54H57N3O9. The molecule has 0 radical (unpaired) electrons. The average molecular weight is 892 g/mol. The number of esters is 1. The smallest absolute Gasteiger partial charge is 0.421 e. The van der Waals surface area contributed by atoms with Crippen LogP contribution in [0.4, 0.5) is 10.5 Å². The predicted octanol–water partition coefficient (Wildman–Crippen LogP) is 8.15. The van der Waals surface area contributed by atoms with Crippen molar-refractivity contribution in [3.63, 3.8) is 0 Å². The summed E-state index contributed by atoms with van der Waals surface area (Å²) in [4.78, 5) is 67.7. The van der Waals surface area contributed by atoms with Gasteiger partial charge in [0.05, 0.1) is 36.9 Å². The summed E-state index contributed by atoms with van der Waals surface area (Å²) in [5, 5.41) is 9.83. The number of carbonyl (C=O) groups excluding carboxylic acids is 4. The predicted molar refractivity (Wildman–Crippen MR) is 247 cm³/mol. The van der Waals surface area contributed by atoms with Crippen LogP contribution in [-0.2, 0) is 34.0 Å². The van der Waals surface area contributed by atoms with Crippen molar-refractivity contribution in [1.82, 2.24) is 9.80 Å². The number of fused-ring (bicyclic) bond motifs is 3. The fourth-order valence-corrected chi connectivity index (χ4v) is 10.9. The number of allylic oxidation sites excluding steroid dienone is 2. The molecule has 1 N–H and O–H groups in total. The molecule has 12 heteroatoms. The largest absolute Gasteiger partial charge is 0.491 e. The summed E-state index contributed by atoms with van der Waals surface area (Å²) >= 11 is 0. The third-order valence-corrected chi connectivity index (χ3v) is 13.8. The Balaban J connectivity index is 1.36. The Bertz CT molecular complexity index is 2510. The van der Waals surface area contributed by atoms with Crippen LogP contribution in [-0.4, -0.2) is 91.5 Å². The highest BCUT2D eigenvalue weighted by atomic mass is 16.6. The number of anilines is 1. The summed E-state index contributed by atoms with van der Waals surface area (Å²) in [7, 11) is 1.49. The maximum atomic E-state index is 16.5. The molecule has 0 aromatic heterocycles. The first kappa shape index (κ1) is 44.9. The van der Waals surface area contributed by atoms with Gasteiger partial charge in [-0.05, 0) is 96.7 Å². The zero-order valence-corrected chi connectivity index (χ0v) is 37.4. The third kappa shape index (κ3) is 8.40. The van der Waals surface area contributed by atoms with Crippen molar-refractivity contribution in [2.75, 3.05) is 51.5 Å². The van der Waals surface area contributed by atoms with Gasteiger partial charge in [0.2, 0.25) is 11.8 Å². The van der Waals surface area contributed by atoms with Crippen LogP contribution in [0.2, 0.25) is 0 Å². The number of imide groups is 1. The molecule has 3 fully saturated rings. The molecular weight excluding hydrogens is 835 g/mol. The fourth-order valence-electron chi connectivity index (χ4n) is 10.9. The molecule has 4 aliphatic heterocycles. The average Bonchev–Trinajstić information content (AvgIpc) is 3.79. The van der Waals surface area contributed by atoms with E-state index in [1.807, 2.05) is 94.7 Å². The van der Waals surface area contributed by atoms with Crippen molar-refractivity contribution in [3.05, 3.63) is 143 Å². The first-order chi connectivity index (χ1) is 32.4. The highest BCUT2D eigenvalue weighted by Gasteiger charge is 2.76. The Morgan fingerprint density at radius 1 is 0.773 bits per heavy atom. The number of carbonyl (C=O) groups is 4. The van der Waals surface area contributed by atoms with Gasteiger partial charge in [0, 0.05) is 25.8 Å². The Morgan fingerprint density at radius 3 is 2.21 bits per heavy atom. The van der Waals surface area contributed by atoms with Gasteiger partial charge in [-0.3, -0.25) is 19.3 Å². The van der Waals surface area contributed by atoms with Crippen LogP contribution in [0.1, 0.15) is 104 Å². The zero-order valence-electron chi connectivity index (χ0n) is 37.4. The second-order valence-electron chi connectivity index (χ2n) is 17.7. The lowest BCUT2D eigenvalue weighted by Crippen LogP contribution is -2.56. The van der Waals surface area contributed by atoms with Crippen LogP contribution >= 0.6 is 0 Å². The second kappa shape index (κ2) is 20.1. The number of morpholine rings is 1. The molecule has 5 aliphatic rings. The Kier molecular flexibility index (Phi) is 13.7. The molecule has 6 atom stereocenters. The van der Waals surface area contributed by atoms with Gasteiger partial charge in [-0.1, -0.05) is 110 Å². The number of rotatable bonds is 10. The van der Waals surface area contributed by atoms with Crippen LogP contribution in [0, 0.1) is 17.8 Å². The number of hydrogen-bond donors (Lipinski definition) is 1. The Labute approximate surface area is 386 Å². The third-order valence-electron chi connectivity index (χ3n) is 13.8. The number of aliphatic hydroxyl groups is 1. The minimum atomic E-state index is -1.94. The van der Waals surface area contributed by atoms with Crippen molar-refractivity contribution >= 4 is 29.6 Å². The molecule has 3 amide bonds. The lowest BCUT2D eigenvalue weighted by Gasteiger charge is -2.46. The number of aliphatic hydroxyl groups excluding tert-OH is 1. The number of hydrogen-bond acceptors (Lipinski definition) is 10. The molecule has 0 bridgehead atoms.